The number of halogens is 7. The molecule has 0 aliphatic carbocycles. The Hall–Kier alpha value is -0.980. The number of nitrogens with zero attached hydrogens (tertiary/aromatic N) is 5. The molecular weight excluding hydrogens is 573 g/mol. The number of aromatic nitrogens is 4. The molecule has 0 spiro atoms. The Labute approximate surface area is 212 Å². The first kappa shape index (κ1) is 28.3. The summed E-state index contributed by atoms with van der Waals surface area (Å²) >= 11 is 16.4. The van der Waals surface area contributed by atoms with Gasteiger partial charge in [0.1, 0.15) is 32.3 Å². The maximum Gasteiger partial charge on any atom is 0.282 e. The van der Waals surface area contributed by atoms with Crippen LogP contribution in [0.1, 0.15) is 69.5 Å². The minimum atomic E-state index is -2.63. The van der Waals surface area contributed by atoms with Crippen molar-refractivity contribution in [3.8, 4) is 0 Å². The van der Waals surface area contributed by atoms with Crippen molar-refractivity contribution in [3.05, 3.63) is 32.8 Å². The quantitative estimate of drug-likeness (QED) is 0.243. The molecule has 2 aromatic heterocycles. The molecule has 1 aliphatic rings. The van der Waals surface area contributed by atoms with E-state index in [4.69, 9.17) is 28.0 Å². The van der Waals surface area contributed by atoms with Gasteiger partial charge in [0.2, 0.25) is 0 Å². The Bertz CT molecular complexity index is 984. The fourth-order valence-electron chi connectivity index (χ4n) is 2.85. The molecule has 0 bridgehead atoms. The third-order valence-corrected chi connectivity index (χ3v) is 6.92. The van der Waals surface area contributed by atoms with E-state index in [0.717, 1.165) is 5.04 Å². The SMILES string of the molecule is CCn1nc(C(F)F)c(CBr)c1Cl.CCn1nc(C(F)F)c(CSC2=NOC(C)(C)C2)c1Cl. The van der Waals surface area contributed by atoms with Crippen molar-refractivity contribution >= 4 is 55.9 Å². The maximum atomic E-state index is 13.0. The molecule has 0 amide bonds. The molecule has 0 fully saturated rings. The van der Waals surface area contributed by atoms with Crippen LogP contribution in [0.25, 0.3) is 0 Å². The van der Waals surface area contributed by atoms with Crippen molar-refractivity contribution in [3.63, 3.8) is 0 Å². The van der Waals surface area contributed by atoms with Crippen molar-refractivity contribution < 1.29 is 22.4 Å². The van der Waals surface area contributed by atoms with E-state index in [0.29, 0.717) is 41.7 Å². The summed E-state index contributed by atoms with van der Waals surface area (Å²) in [5.74, 6) is 0.316. The highest BCUT2D eigenvalue weighted by atomic mass is 79.9. The Morgan fingerprint density at radius 1 is 1.00 bits per heavy atom. The van der Waals surface area contributed by atoms with Gasteiger partial charge in [0.25, 0.3) is 12.9 Å². The zero-order valence-corrected chi connectivity index (χ0v) is 22.3. The monoisotopic (exact) mass is 595 g/mol. The summed E-state index contributed by atoms with van der Waals surface area (Å²) in [6.07, 6.45) is -4.53. The summed E-state index contributed by atoms with van der Waals surface area (Å²) < 4.78 is 53.5. The molecule has 0 radical (unpaired) electrons. The number of thioether (sulfide) groups is 1. The summed E-state index contributed by atoms with van der Waals surface area (Å²) in [6, 6.07) is 0. The summed E-state index contributed by atoms with van der Waals surface area (Å²) in [5.41, 5.74) is -0.0584. The van der Waals surface area contributed by atoms with Gasteiger partial charge in [0.05, 0.1) is 0 Å². The Morgan fingerprint density at radius 3 is 1.85 bits per heavy atom. The molecular formula is C19H24BrCl2F4N5OS. The van der Waals surface area contributed by atoms with Crippen LogP contribution < -0.4 is 0 Å². The van der Waals surface area contributed by atoms with E-state index < -0.39 is 12.9 Å². The van der Waals surface area contributed by atoms with Gasteiger partial charge in [-0.3, -0.25) is 9.36 Å². The molecule has 14 heteroatoms. The van der Waals surface area contributed by atoms with Crippen molar-refractivity contribution in [2.24, 2.45) is 5.16 Å². The van der Waals surface area contributed by atoms with Crippen LogP contribution in [0.4, 0.5) is 17.6 Å². The predicted octanol–water partition coefficient (Wildman–Crippen LogP) is 7.63. The molecule has 1 aliphatic heterocycles. The van der Waals surface area contributed by atoms with Crippen molar-refractivity contribution in [2.45, 2.75) is 76.7 Å². The lowest BCUT2D eigenvalue weighted by molar-refractivity contribution is 0.0123. The van der Waals surface area contributed by atoms with E-state index in [2.05, 4.69) is 31.3 Å². The number of hydrogen-bond donors (Lipinski definition) is 0. The van der Waals surface area contributed by atoms with Gasteiger partial charge in [-0.15, -0.1) is 11.8 Å². The van der Waals surface area contributed by atoms with Gasteiger partial charge >= 0.3 is 0 Å². The molecule has 33 heavy (non-hydrogen) atoms. The Balaban J connectivity index is 0.000000257. The Morgan fingerprint density at radius 2 is 1.48 bits per heavy atom. The summed E-state index contributed by atoms with van der Waals surface area (Å²) in [4.78, 5) is 5.24. The van der Waals surface area contributed by atoms with Gasteiger partial charge in [0, 0.05) is 41.7 Å². The van der Waals surface area contributed by atoms with Crippen LogP contribution in [-0.2, 0) is 29.0 Å². The van der Waals surface area contributed by atoms with Crippen LogP contribution in [0.3, 0.4) is 0 Å². The van der Waals surface area contributed by atoms with E-state index in [1.54, 1.807) is 6.92 Å². The zero-order valence-electron chi connectivity index (χ0n) is 18.4. The molecule has 2 aromatic rings. The van der Waals surface area contributed by atoms with Crippen LogP contribution >= 0.6 is 50.9 Å². The molecule has 0 unspecified atom stereocenters. The summed E-state index contributed by atoms with van der Waals surface area (Å²) in [5, 5.41) is 13.2. The highest BCUT2D eigenvalue weighted by molar-refractivity contribution is 9.08. The van der Waals surface area contributed by atoms with E-state index in [-0.39, 0.29) is 27.3 Å². The van der Waals surface area contributed by atoms with Gasteiger partial charge in [-0.2, -0.15) is 10.2 Å². The second-order valence-electron chi connectivity index (χ2n) is 7.48. The fourth-order valence-corrected chi connectivity index (χ4v) is 5.42. The van der Waals surface area contributed by atoms with E-state index >= 15 is 0 Å². The van der Waals surface area contributed by atoms with Crippen molar-refractivity contribution in [2.75, 3.05) is 0 Å². The van der Waals surface area contributed by atoms with Gasteiger partial charge in [-0.1, -0.05) is 44.3 Å². The first-order chi connectivity index (χ1) is 15.4. The number of alkyl halides is 5. The highest BCUT2D eigenvalue weighted by Crippen LogP contribution is 2.34. The third kappa shape index (κ3) is 7.02. The first-order valence-electron chi connectivity index (χ1n) is 9.95. The number of oxime groups is 1. The normalized spacial score (nSPS) is 15.0. The number of aryl methyl sites for hydroxylation is 2. The Kier molecular flexibility index (Phi) is 10.4. The second kappa shape index (κ2) is 12.1. The lowest BCUT2D eigenvalue weighted by atomic mass is 10.1. The first-order valence-corrected chi connectivity index (χ1v) is 12.8. The average Bonchev–Trinajstić information content (AvgIpc) is 3.38. The van der Waals surface area contributed by atoms with Gasteiger partial charge in [-0.05, 0) is 27.7 Å². The highest BCUT2D eigenvalue weighted by Gasteiger charge is 2.30. The summed E-state index contributed by atoms with van der Waals surface area (Å²) in [7, 11) is 0. The topological polar surface area (TPSA) is 57.2 Å². The predicted molar refractivity (Wildman–Crippen MR) is 127 cm³/mol. The van der Waals surface area contributed by atoms with Gasteiger partial charge in [0.15, 0.2) is 0 Å². The van der Waals surface area contributed by atoms with Crippen molar-refractivity contribution in [1.82, 2.24) is 19.6 Å². The molecule has 0 atom stereocenters. The molecule has 3 heterocycles. The number of hydrogen-bond acceptors (Lipinski definition) is 5. The van der Waals surface area contributed by atoms with Gasteiger partial charge in [-0.25, -0.2) is 17.6 Å². The third-order valence-electron chi connectivity index (χ3n) is 4.53. The largest absolute Gasteiger partial charge is 0.389 e. The molecule has 0 N–H and O–H groups in total. The maximum absolute atomic E-state index is 13.0. The molecule has 3 rings (SSSR count). The number of rotatable bonds is 7. The van der Waals surface area contributed by atoms with Crippen molar-refractivity contribution in [1.29, 1.82) is 0 Å². The minimum absolute atomic E-state index is 0.233. The standard InChI is InChI=1S/C12H16ClF2N3OS.C7H8BrClF2N2/c1-4-18-10(13)7(9(16-18)11(14)15)6-20-8-5-12(2,3)19-17-8;1-2-13-6(9)4(3-8)5(12-13)7(10)11/h11H,4-6H2,1-3H3;7H,2-3H2,1H3. The van der Waals surface area contributed by atoms with E-state index in [9.17, 15) is 17.6 Å². The van der Waals surface area contributed by atoms with Crippen LogP contribution in [0.5, 0.6) is 0 Å². The van der Waals surface area contributed by atoms with Crippen LogP contribution in [0.2, 0.25) is 10.3 Å². The van der Waals surface area contributed by atoms with Crippen LogP contribution in [0, 0.1) is 0 Å². The zero-order chi connectivity index (χ0) is 24.9. The minimum Gasteiger partial charge on any atom is -0.389 e. The lowest BCUT2D eigenvalue weighted by Gasteiger charge is -2.13. The molecule has 6 nitrogen and oxygen atoms in total. The van der Waals surface area contributed by atoms with E-state index in [1.165, 1.54) is 21.1 Å². The van der Waals surface area contributed by atoms with E-state index in [1.807, 2.05) is 20.8 Å². The van der Waals surface area contributed by atoms with Crippen LogP contribution in [-0.4, -0.2) is 30.2 Å². The molecule has 186 valence electrons. The summed E-state index contributed by atoms with van der Waals surface area (Å²) in [6.45, 7) is 8.41. The second-order valence-corrected chi connectivity index (χ2v) is 9.80. The molecule has 0 saturated heterocycles. The lowest BCUT2D eigenvalue weighted by Crippen LogP contribution is -2.18. The average molecular weight is 597 g/mol. The fraction of sp³-hybridized carbons (Fsp3) is 0.632. The van der Waals surface area contributed by atoms with Gasteiger partial charge < -0.3 is 4.84 Å². The molecule has 0 saturated carbocycles. The smallest absolute Gasteiger partial charge is 0.282 e. The van der Waals surface area contributed by atoms with Crippen LogP contribution in [0.15, 0.2) is 5.16 Å². The molecule has 0 aromatic carbocycles.